The lowest BCUT2D eigenvalue weighted by Gasteiger charge is -2.26. The van der Waals surface area contributed by atoms with Gasteiger partial charge in [0.25, 0.3) is 0 Å². The quantitative estimate of drug-likeness (QED) is 0.549. The molecule has 0 radical (unpaired) electrons. The fraction of sp³-hybridized carbons (Fsp3) is 0.381. The van der Waals surface area contributed by atoms with Crippen LogP contribution in [0.4, 0.5) is 18.0 Å². The second-order valence-corrected chi connectivity index (χ2v) is 7.33. The van der Waals surface area contributed by atoms with Crippen LogP contribution < -0.4 is 9.47 Å². The number of ether oxygens (including phenoxy) is 3. The van der Waals surface area contributed by atoms with Crippen LogP contribution in [0.2, 0.25) is 0 Å². The van der Waals surface area contributed by atoms with E-state index in [2.05, 4.69) is 4.74 Å². The summed E-state index contributed by atoms with van der Waals surface area (Å²) in [5, 5.41) is 1.02. The van der Waals surface area contributed by atoms with Gasteiger partial charge < -0.3 is 14.2 Å². The highest BCUT2D eigenvalue weighted by Crippen LogP contribution is 2.23. The molecule has 6 nitrogen and oxygen atoms in total. The summed E-state index contributed by atoms with van der Waals surface area (Å²) in [5.41, 5.74) is 0.576. The van der Waals surface area contributed by atoms with Gasteiger partial charge in [-0.1, -0.05) is 24.3 Å². The number of benzene rings is 2. The van der Waals surface area contributed by atoms with E-state index >= 15 is 0 Å². The lowest BCUT2D eigenvalue weighted by molar-refractivity contribution is -0.274. The molecular weight excluding hydrogens is 403 g/mol. The summed E-state index contributed by atoms with van der Waals surface area (Å²) in [6, 6.07) is 12.3. The molecule has 0 aliphatic rings. The molecule has 2 aromatic rings. The Hall–Kier alpha value is -2.94. The molecule has 30 heavy (non-hydrogen) atoms. The maximum absolute atomic E-state index is 12.5. The number of carbonyl (C=O) groups excluding carboxylic acids is 1. The number of alkyl halides is 3. The van der Waals surface area contributed by atoms with Crippen LogP contribution in [0.15, 0.2) is 48.5 Å². The molecule has 2 rings (SSSR count). The molecule has 2 aromatic carbocycles. The molecule has 9 heteroatoms. The molecule has 0 aliphatic carbocycles. The van der Waals surface area contributed by atoms with Crippen LogP contribution in [-0.4, -0.2) is 30.2 Å². The third-order valence-corrected chi connectivity index (χ3v) is 3.63. The normalized spacial score (nSPS) is 11.7. The Morgan fingerprint density at radius 1 is 0.900 bits per heavy atom. The number of hydrogen-bond donors (Lipinski definition) is 0. The zero-order valence-corrected chi connectivity index (χ0v) is 17.2. The minimum atomic E-state index is -4.77. The summed E-state index contributed by atoms with van der Waals surface area (Å²) in [5.74, 6) is 0.332. The lowest BCUT2D eigenvalue weighted by Crippen LogP contribution is -2.36. The van der Waals surface area contributed by atoms with Crippen molar-refractivity contribution in [3.63, 3.8) is 0 Å². The molecule has 0 unspecified atom stereocenters. The highest BCUT2D eigenvalue weighted by Gasteiger charge is 2.31. The summed E-state index contributed by atoms with van der Waals surface area (Å²) < 4.78 is 51.2. The average Bonchev–Trinajstić information content (AvgIpc) is 2.64. The monoisotopic (exact) mass is 427 g/mol. The largest absolute Gasteiger partial charge is 0.573 e. The molecule has 0 saturated heterocycles. The Morgan fingerprint density at radius 2 is 1.43 bits per heavy atom. The van der Waals surface area contributed by atoms with Crippen molar-refractivity contribution in [2.75, 3.05) is 7.11 Å². The van der Waals surface area contributed by atoms with Crippen LogP contribution in [0.25, 0.3) is 0 Å². The van der Waals surface area contributed by atoms with Crippen LogP contribution in [0.1, 0.15) is 31.9 Å². The van der Waals surface area contributed by atoms with Gasteiger partial charge in [0.05, 0.1) is 13.7 Å². The standard InChI is InChI=1S/C21H24F3NO5/c1-20(2,3)30-19(26)25(28-14-16-7-9-17(27-4)10-8-16)13-15-5-11-18(12-6-15)29-21(22,23)24/h5-12H,13-14H2,1-4H3. The number of hydroxylamine groups is 2. The van der Waals surface area contributed by atoms with E-state index in [0.717, 1.165) is 10.6 Å². The zero-order valence-electron chi connectivity index (χ0n) is 17.2. The van der Waals surface area contributed by atoms with E-state index in [0.29, 0.717) is 11.3 Å². The van der Waals surface area contributed by atoms with Gasteiger partial charge in [0, 0.05) is 0 Å². The number of nitrogens with zero attached hydrogens (tertiary/aromatic N) is 1. The molecule has 0 aliphatic heterocycles. The van der Waals surface area contributed by atoms with E-state index in [1.165, 1.54) is 24.3 Å². The van der Waals surface area contributed by atoms with Crippen molar-refractivity contribution in [1.29, 1.82) is 0 Å². The van der Waals surface area contributed by atoms with E-state index in [9.17, 15) is 18.0 Å². The van der Waals surface area contributed by atoms with E-state index in [-0.39, 0.29) is 18.9 Å². The van der Waals surface area contributed by atoms with Gasteiger partial charge in [0.1, 0.15) is 23.7 Å². The van der Waals surface area contributed by atoms with Crippen LogP contribution in [-0.2, 0) is 22.7 Å². The van der Waals surface area contributed by atoms with Gasteiger partial charge in [-0.25, -0.2) is 4.79 Å². The van der Waals surface area contributed by atoms with E-state index in [4.69, 9.17) is 14.3 Å². The third kappa shape index (κ3) is 8.20. The SMILES string of the molecule is COc1ccc(CON(Cc2ccc(OC(F)(F)F)cc2)C(=O)OC(C)(C)C)cc1. The van der Waals surface area contributed by atoms with Crippen LogP contribution in [0, 0.1) is 0 Å². The Morgan fingerprint density at radius 3 is 1.93 bits per heavy atom. The molecule has 164 valence electrons. The maximum Gasteiger partial charge on any atom is 0.573 e. The second-order valence-electron chi connectivity index (χ2n) is 7.33. The van der Waals surface area contributed by atoms with E-state index in [1.54, 1.807) is 52.1 Å². The molecule has 0 spiro atoms. The molecule has 0 N–H and O–H groups in total. The Balaban J connectivity index is 2.09. The first-order valence-corrected chi connectivity index (χ1v) is 9.06. The van der Waals surface area contributed by atoms with Crippen molar-refractivity contribution in [3.05, 3.63) is 59.7 Å². The van der Waals surface area contributed by atoms with E-state index in [1.807, 2.05) is 0 Å². The van der Waals surface area contributed by atoms with Crippen molar-refractivity contribution >= 4 is 6.09 Å². The number of halogens is 3. The molecule has 0 aromatic heterocycles. The molecule has 0 fully saturated rings. The van der Waals surface area contributed by atoms with Gasteiger partial charge in [-0.3, -0.25) is 4.84 Å². The fourth-order valence-corrected chi connectivity index (χ4v) is 2.31. The predicted octanol–water partition coefficient (Wildman–Crippen LogP) is 5.46. The number of methoxy groups -OCH3 is 1. The third-order valence-electron chi connectivity index (χ3n) is 3.63. The summed E-state index contributed by atoms with van der Waals surface area (Å²) in [7, 11) is 1.56. The van der Waals surface area contributed by atoms with Crippen molar-refractivity contribution in [2.24, 2.45) is 0 Å². The highest BCUT2D eigenvalue weighted by molar-refractivity contribution is 5.66. The van der Waals surface area contributed by atoms with Gasteiger partial charge >= 0.3 is 12.5 Å². The zero-order chi connectivity index (χ0) is 22.4. The molecule has 0 bridgehead atoms. The Kier molecular flexibility index (Phi) is 7.55. The number of hydrogen-bond acceptors (Lipinski definition) is 5. The minimum Gasteiger partial charge on any atom is -0.497 e. The predicted molar refractivity (Wildman–Crippen MR) is 103 cm³/mol. The van der Waals surface area contributed by atoms with Gasteiger partial charge in [-0.2, -0.15) is 5.06 Å². The molecule has 0 heterocycles. The summed E-state index contributed by atoms with van der Waals surface area (Å²) in [4.78, 5) is 18.2. The minimum absolute atomic E-state index is 0.0304. The summed E-state index contributed by atoms with van der Waals surface area (Å²) in [6.07, 6.45) is -5.49. The topological polar surface area (TPSA) is 57.2 Å². The molecular formula is C21H24F3NO5. The number of rotatable bonds is 7. The van der Waals surface area contributed by atoms with Gasteiger partial charge in [-0.05, 0) is 56.2 Å². The number of carbonyl (C=O) groups is 1. The fourth-order valence-electron chi connectivity index (χ4n) is 2.31. The highest BCUT2D eigenvalue weighted by atomic mass is 19.4. The summed E-state index contributed by atoms with van der Waals surface area (Å²) >= 11 is 0. The number of amides is 1. The smallest absolute Gasteiger partial charge is 0.497 e. The Bertz CT molecular complexity index is 815. The van der Waals surface area contributed by atoms with Crippen molar-refractivity contribution in [2.45, 2.75) is 45.9 Å². The Labute approximate surface area is 173 Å². The maximum atomic E-state index is 12.5. The first-order valence-electron chi connectivity index (χ1n) is 9.06. The average molecular weight is 427 g/mol. The van der Waals surface area contributed by atoms with E-state index < -0.39 is 18.1 Å². The lowest BCUT2D eigenvalue weighted by atomic mass is 10.2. The van der Waals surface area contributed by atoms with Crippen molar-refractivity contribution < 1.29 is 37.0 Å². The van der Waals surface area contributed by atoms with Crippen LogP contribution >= 0.6 is 0 Å². The molecule has 1 amide bonds. The van der Waals surface area contributed by atoms with Gasteiger partial charge in [0.15, 0.2) is 0 Å². The first-order chi connectivity index (χ1) is 13.9. The first kappa shape index (κ1) is 23.3. The second kappa shape index (κ2) is 9.71. The molecule has 0 atom stereocenters. The van der Waals surface area contributed by atoms with Crippen LogP contribution in [0.3, 0.4) is 0 Å². The van der Waals surface area contributed by atoms with Gasteiger partial charge in [-0.15, -0.1) is 13.2 Å². The van der Waals surface area contributed by atoms with Crippen molar-refractivity contribution in [1.82, 2.24) is 5.06 Å². The van der Waals surface area contributed by atoms with Crippen molar-refractivity contribution in [3.8, 4) is 11.5 Å². The van der Waals surface area contributed by atoms with Gasteiger partial charge in [0.2, 0.25) is 0 Å². The summed E-state index contributed by atoms with van der Waals surface area (Å²) in [6.45, 7) is 5.21. The molecule has 0 saturated carbocycles. The van der Waals surface area contributed by atoms with Crippen LogP contribution in [0.5, 0.6) is 11.5 Å².